The highest BCUT2D eigenvalue weighted by atomic mass is 35.5. The van der Waals surface area contributed by atoms with E-state index < -0.39 is 0 Å². The molecule has 0 amide bonds. The van der Waals surface area contributed by atoms with E-state index in [0.717, 1.165) is 35.7 Å². The van der Waals surface area contributed by atoms with Crippen molar-refractivity contribution in [1.29, 1.82) is 0 Å². The van der Waals surface area contributed by atoms with E-state index in [-0.39, 0.29) is 12.1 Å². The van der Waals surface area contributed by atoms with Crippen LogP contribution in [0.25, 0.3) is 0 Å². The lowest BCUT2D eigenvalue weighted by atomic mass is 10.1. The van der Waals surface area contributed by atoms with Gasteiger partial charge in [-0.05, 0) is 44.8 Å². The van der Waals surface area contributed by atoms with Gasteiger partial charge in [-0.1, -0.05) is 29.9 Å². The summed E-state index contributed by atoms with van der Waals surface area (Å²) in [5.41, 5.74) is 2.03. The molecular formula is C14H22ClN5S. The van der Waals surface area contributed by atoms with Crippen LogP contribution in [0.3, 0.4) is 0 Å². The lowest BCUT2D eigenvalue weighted by Gasteiger charge is -2.21. The van der Waals surface area contributed by atoms with E-state index in [1.54, 1.807) is 6.20 Å². The fourth-order valence-corrected chi connectivity index (χ4v) is 3.37. The van der Waals surface area contributed by atoms with Crippen molar-refractivity contribution in [2.45, 2.75) is 52.6 Å². The van der Waals surface area contributed by atoms with Gasteiger partial charge in [0, 0.05) is 6.04 Å². The van der Waals surface area contributed by atoms with E-state index in [0.29, 0.717) is 5.02 Å². The first-order chi connectivity index (χ1) is 10.1. The molecule has 1 unspecified atom stereocenters. The molecule has 0 spiro atoms. The molecule has 0 aliphatic heterocycles. The van der Waals surface area contributed by atoms with Gasteiger partial charge in [0.05, 0.1) is 33.5 Å². The van der Waals surface area contributed by atoms with Crippen molar-refractivity contribution in [2.24, 2.45) is 0 Å². The van der Waals surface area contributed by atoms with Gasteiger partial charge in [0.15, 0.2) is 0 Å². The first-order valence-electron chi connectivity index (χ1n) is 7.37. The van der Waals surface area contributed by atoms with Gasteiger partial charge in [0.25, 0.3) is 0 Å². The summed E-state index contributed by atoms with van der Waals surface area (Å²) in [5, 5.41) is 12.9. The molecule has 0 fully saturated rings. The first kappa shape index (κ1) is 16.4. The molecule has 2 aromatic heterocycles. The number of nitrogens with zero attached hydrogens (tertiary/aromatic N) is 4. The minimum atomic E-state index is -0.00250. The predicted molar refractivity (Wildman–Crippen MR) is 87.0 cm³/mol. The second-order valence-electron chi connectivity index (χ2n) is 5.24. The van der Waals surface area contributed by atoms with E-state index >= 15 is 0 Å². The SMILES string of the molecule is CCCNC(c1snnc1CC)c1c(Cl)cnn1C(C)C. The Morgan fingerprint density at radius 3 is 2.76 bits per heavy atom. The standard InChI is InChI=1S/C14H22ClN5S/c1-5-7-16-12(14-11(6-2)18-19-21-14)13-10(15)8-17-20(13)9(3)4/h8-9,12,16H,5-7H2,1-4H3. The minimum absolute atomic E-state index is 0.00250. The van der Waals surface area contributed by atoms with E-state index in [1.165, 1.54) is 11.5 Å². The Labute approximate surface area is 134 Å². The van der Waals surface area contributed by atoms with Crippen LogP contribution in [0.5, 0.6) is 0 Å². The largest absolute Gasteiger partial charge is 0.304 e. The van der Waals surface area contributed by atoms with Crippen molar-refractivity contribution in [3.05, 3.63) is 27.5 Å². The molecule has 7 heteroatoms. The molecule has 2 aromatic rings. The van der Waals surface area contributed by atoms with Crippen molar-refractivity contribution in [1.82, 2.24) is 24.7 Å². The Morgan fingerprint density at radius 2 is 2.14 bits per heavy atom. The van der Waals surface area contributed by atoms with Crippen LogP contribution >= 0.6 is 23.1 Å². The summed E-state index contributed by atoms with van der Waals surface area (Å²) in [4.78, 5) is 1.13. The van der Waals surface area contributed by atoms with Gasteiger partial charge in [0.1, 0.15) is 0 Å². The average Bonchev–Trinajstić information content (AvgIpc) is 3.07. The first-order valence-corrected chi connectivity index (χ1v) is 8.52. The van der Waals surface area contributed by atoms with Crippen LogP contribution in [0.4, 0.5) is 0 Å². The molecule has 2 heterocycles. The van der Waals surface area contributed by atoms with Crippen LogP contribution in [0.2, 0.25) is 5.02 Å². The number of aromatic nitrogens is 4. The maximum atomic E-state index is 6.42. The van der Waals surface area contributed by atoms with Gasteiger partial charge >= 0.3 is 0 Å². The van der Waals surface area contributed by atoms with Crippen LogP contribution < -0.4 is 5.32 Å². The second kappa shape index (κ2) is 7.33. The molecule has 5 nitrogen and oxygen atoms in total. The zero-order valence-electron chi connectivity index (χ0n) is 12.9. The van der Waals surface area contributed by atoms with Crippen molar-refractivity contribution < 1.29 is 0 Å². The van der Waals surface area contributed by atoms with Gasteiger partial charge in [0.2, 0.25) is 0 Å². The Kier molecular flexibility index (Phi) is 5.72. The summed E-state index contributed by atoms with van der Waals surface area (Å²) in [6.07, 6.45) is 3.64. The Hall–Kier alpha value is -0.980. The monoisotopic (exact) mass is 327 g/mol. The van der Waals surface area contributed by atoms with Gasteiger partial charge in [-0.15, -0.1) is 5.10 Å². The minimum Gasteiger partial charge on any atom is -0.304 e. The topological polar surface area (TPSA) is 55.6 Å². The van der Waals surface area contributed by atoms with Crippen molar-refractivity contribution >= 4 is 23.1 Å². The lowest BCUT2D eigenvalue weighted by molar-refractivity contribution is 0.473. The molecule has 0 radical (unpaired) electrons. The molecule has 116 valence electrons. The number of hydrogen-bond acceptors (Lipinski definition) is 5. The molecule has 0 saturated heterocycles. The summed E-state index contributed by atoms with van der Waals surface area (Å²) in [6, 6.07) is 0.252. The van der Waals surface area contributed by atoms with Crippen molar-refractivity contribution in [2.75, 3.05) is 6.54 Å². The smallest absolute Gasteiger partial charge is 0.0892 e. The predicted octanol–water partition coefficient (Wildman–Crippen LogP) is 3.62. The highest BCUT2D eigenvalue weighted by Gasteiger charge is 2.26. The summed E-state index contributed by atoms with van der Waals surface area (Å²) >= 11 is 7.85. The van der Waals surface area contributed by atoms with Gasteiger partial charge < -0.3 is 5.32 Å². The van der Waals surface area contributed by atoms with E-state index in [9.17, 15) is 0 Å². The van der Waals surface area contributed by atoms with Crippen LogP contribution in [-0.4, -0.2) is 25.9 Å². The summed E-state index contributed by atoms with van der Waals surface area (Å²) in [6.45, 7) is 9.37. The van der Waals surface area contributed by atoms with Crippen molar-refractivity contribution in [3.63, 3.8) is 0 Å². The quantitative estimate of drug-likeness (QED) is 0.843. The van der Waals surface area contributed by atoms with Crippen LogP contribution in [-0.2, 0) is 6.42 Å². The number of nitrogens with one attached hydrogen (secondary N) is 1. The summed E-state index contributed by atoms with van der Waals surface area (Å²) < 4.78 is 6.10. The molecular weight excluding hydrogens is 306 g/mol. The summed E-state index contributed by atoms with van der Waals surface area (Å²) in [7, 11) is 0. The number of halogens is 1. The fourth-order valence-electron chi connectivity index (χ4n) is 2.31. The summed E-state index contributed by atoms with van der Waals surface area (Å²) in [5.74, 6) is 0. The molecule has 0 aliphatic rings. The number of aryl methyl sites for hydroxylation is 1. The van der Waals surface area contributed by atoms with Gasteiger partial charge in [-0.2, -0.15) is 5.10 Å². The second-order valence-corrected chi connectivity index (χ2v) is 6.43. The molecule has 0 saturated carbocycles. The highest BCUT2D eigenvalue weighted by Crippen LogP contribution is 2.33. The molecule has 0 bridgehead atoms. The molecule has 0 aromatic carbocycles. The van der Waals surface area contributed by atoms with Gasteiger partial charge in [-0.3, -0.25) is 4.68 Å². The molecule has 1 atom stereocenters. The number of hydrogen-bond donors (Lipinski definition) is 1. The molecule has 0 aliphatic carbocycles. The maximum Gasteiger partial charge on any atom is 0.0892 e. The average molecular weight is 328 g/mol. The van der Waals surface area contributed by atoms with Crippen molar-refractivity contribution in [3.8, 4) is 0 Å². The highest BCUT2D eigenvalue weighted by molar-refractivity contribution is 7.05. The zero-order valence-corrected chi connectivity index (χ0v) is 14.5. The normalized spacial score (nSPS) is 13.0. The Balaban J connectivity index is 2.48. The molecule has 2 rings (SSSR count). The maximum absolute atomic E-state index is 6.42. The zero-order chi connectivity index (χ0) is 15.4. The third-order valence-electron chi connectivity index (χ3n) is 3.33. The van der Waals surface area contributed by atoms with E-state index in [1.807, 2.05) is 4.68 Å². The van der Waals surface area contributed by atoms with E-state index in [4.69, 9.17) is 11.6 Å². The number of rotatable bonds is 7. The third-order valence-corrected chi connectivity index (χ3v) is 4.45. The third kappa shape index (κ3) is 3.44. The van der Waals surface area contributed by atoms with Crippen LogP contribution in [0.1, 0.15) is 62.5 Å². The van der Waals surface area contributed by atoms with E-state index in [2.05, 4.69) is 47.7 Å². The molecule has 21 heavy (non-hydrogen) atoms. The van der Waals surface area contributed by atoms with Crippen LogP contribution in [0.15, 0.2) is 6.20 Å². The fraction of sp³-hybridized carbons (Fsp3) is 0.643. The Morgan fingerprint density at radius 1 is 1.38 bits per heavy atom. The molecule has 1 N–H and O–H groups in total. The Bertz CT molecular complexity index is 578. The lowest BCUT2D eigenvalue weighted by Crippen LogP contribution is -2.27. The van der Waals surface area contributed by atoms with Gasteiger partial charge in [-0.25, -0.2) is 0 Å². The van der Waals surface area contributed by atoms with Crippen LogP contribution in [0, 0.1) is 0 Å².